The van der Waals surface area contributed by atoms with Crippen molar-refractivity contribution in [2.24, 2.45) is 0 Å². The van der Waals surface area contributed by atoms with Crippen LogP contribution in [0.15, 0.2) is 54.7 Å². The summed E-state index contributed by atoms with van der Waals surface area (Å²) in [5.74, 6) is -0.363. The molecule has 1 saturated heterocycles. The number of anilines is 3. The summed E-state index contributed by atoms with van der Waals surface area (Å²) in [4.78, 5) is 6.64. The molecule has 1 fully saturated rings. The summed E-state index contributed by atoms with van der Waals surface area (Å²) >= 11 is 0. The molecule has 0 radical (unpaired) electrons. The molecule has 0 bridgehead atoms. The molecular weight excluding hydrogens is 441 g/mol. The lowest BCUT2D eigenvalue weighted by molar-refractivity contribution is 0.589. The van der Waals surface area contributed by atoms with Crippen molar-refractivity contribution in [2.75, 3.05) is 47.3 Å². The van der Waals surface area contributed by atoms with Crippen LogP contribution in [0.5, 0.6) is 0 Å². The minimum Gasteiger partial charge on any atom is -0.383 e. The lowest BCUT2D eigenvalue weighted by Gasteiger charge is -2.29. The highest BCUT2D eigenvalue weighted by Crippen LogP contribution is 2.32. The largest absolute Gasteiger partial charge is 0.383 e. The van der Waals surface area contributed by atoms with Gasteiger partial charge in [0.25, 0.3) is 0 Å². The molecule has 174 valence electrons. The Kier molecular flexibility index (Phi) is 6.80. The highest BCUT2D eigenvalue weighted by molar-refractivity contribution is 7.92. The van der Waals surface area contributed by atoms with Crippen LogP contribution in [0.3, 0.4) is 0 Å². The van der Waals surface area contributed by atoms with Crippen LogP contribution in [0.1, 0.15) is 13.3 Å². The van der Waals surface area contributed by atoms with Crippen molar-refractivity contribution in [1.29, 1.82) is 0 Å². The molecule has 7 nitrogen and oxygen atoms in total. The predicted octanol–water partition coefficient (Wildman–Crippen LogP) is 3.70. The molecule has 0 spiro atoms. The third kappa shape index (κ3) is 5.61. The summed E-state index contributed by atoms with van der Waals surface area (Å²) in [5, 5.41) is 3.35. The Morgan fingerprint density at radius 1 is 1.06 bits per heavy atom. The minimum absolute atomic E-state index is 0.0397. The van der Waals surface area contributed by atoms with Crippen LogP contribution in [0.4, 0.5) is 21.6 Å². The standard InChI is InChI=1S/C24H28FN5O2S/c1-2-11-33(31,32)29-21-13-18(12-20(25)15-21)23-14-19(16-28-24(23)26)17-3-5-22(6-4-17)30-9-7-27-8-10-30/h3-6,12-16,27,29H,2,7-11H2,1H3,(H2,26,28). The Morgan fingerprint density at radius 2 is 1.79 bits per heavy atom. The third-order valence-electron chi connectivity index (χ3n) is 5.56. The molecule has 1 aliphatic heterocycles. The molecule has 1 aliphatic rings. The number of nitrogen functional groups attached to an aromatic ring is 1. The molecule has 9 heteroatoms. The zero-order valence-electron chi connectivity index (χ0n) is 18.5. The molecule has 0 aliphatic carbocycles. The quantitative estimate of drug-likeness (QED) is 0.488. The number of nitrogens with two attached hydrogens (primary N) is 1. The van der Waals surface area contributed by atoms with Crippen LogP contribution >= 0.6 is 0 Å². The van der Waals surface area contributed by atoms with Crippen molar-refractivity contribution in [2.45, 2.75) is 13.3 Å². The van der Waals surface area contributed by atoms with Gasteiger partial charge in [-0.3, -0.25) is 4.72 Å². The van der Waals surface area contributed by atoms with Crippen molar-refractivity contribution < 1.29 is 12.8 Å². The normalized spacial score (nSPS) is 14.3. The fraction of sp³-hybridized carbons (Fsp3) is 0.292. The number of hydrogen-bond donors (Lipinski definition) is 3. The molecule has 0 saturated carbocycles. The van der Waals surface area contributed by atoms with Gasteiger partial charge in [-0.1, -0.05) is 19.1 Å². The van der Waals surface area contributed by atoms with Crippen molar-refractivity contribution in [3.05, 3.63) is 60.5 Å². The number of piperazine rings is 1. The summed E-state index contributed by atoms with van der Waals surface area (Å²) in [6.07, 6.45) is 2.15. The highest BCUT2D eigenvalue weighted by Gasteiger charge is 2.14. The number of nitrogens with one attached hydrogen (secondary N) is 2. The molecule has 0 atom stereocenters. The SMILES string of the molecule is CCCS(=O)(=O)Nc1cc(F)cc(-c2cc(-c3ccc(N4CCNCC4)cc3)cnc2N)c1. The summed E-state index contributed by atoms with van der Waals surface area (Å²) in [5.41, 5.74) is 10.2. The van der Waals surface area contributed by atoms with E-state index in [2.05, 4.69) is 32.1 Å². The number of sulfonamides is 1. The molecular formula is C24H28FN5O2S. The fourth-order valence-corrected chi connectivity index (χ4v) is 5.07. The van der Waals surface area contributed by atoms with Crippen LogP contribution in [-0.4, -0.2) is 45.3 Å². The maximum Gasteiger partial charge on any atom is 0.232 e. The smallest absolute Gasteiger partial charge is 0.232 e. The first kappa shape index (κ1) is 23.0. The Bertz CT molecular complexity index is 1230. The summed E-state index contributed by atoms with van der Waals surface area (Å²) in [7, 11) is -3.55. The van der Waals surface area contributed by atoms with E-state index in [-0.39, 0.29) is 17.3 Å². The highest BCUT2D eigenvalue weighted by atomic mass is 32.2. The van der Waals surface area contributed by atoms with E-state index in [1.807, 2.05) is 18.2 Å². The molecule has 33 heavy (non-hydrogen) atoms. The maximum atomic E-state index is 14.3. The number of nitrogens with zero attached hydrogens (tertiary/aromatic N) is 2. The molecule has 4 rings (SSSR count). The van der Waals surface area contributed by atoms with Gasteiger partial charge in [0.1, 0.15) is 11.6 Å². The Morgan fingerprint density at radius 3 is 2.48 bits per heavy atom. The molecule has 3 aromatic rings. The van der Waals surface area contributed by atoms with Gasteiger partial charge in [-0.05, 0) is 53.9 Å². The van der Waals surface area contributed by atoms with Gasteiger partial charge in [0.2, 0.25) is 10.0 Å². The van der Waals surface area contributed by atoms with Crippen molar-refractivity contribution in [1.82, 2.24) is 10.3 Å². The van der Waals surface area contributed by atoms with Gasteiger partial charge in [-0.25, -0.2) is 17.8 Å². The van der Waals surface area contributed by atoms with Crippen LogP contribution in [-0.2, 0) is 10.0 Å². The van der Waals surface area contributed by atoms with E-state index in [9.17, 15) is 12.8 Å². The topological polar surface area (TPSA) is 100 Å². The van der Waals surface area contributed by atoms with Gasteiger partial charge in [0.05, 0.1) is 11.4 Å². The molecule has 1 aromatic heterocycles. The number of pyridine rings is 1. The second-order valence-corrected chi connectivity index (χ2v) is 9.93. The first-order valence-electron chi connectivity index (χ1n) is 11.0. The average molecular weight is 470 g/mol. The number of rotatable bonds is 7. The average Bonchev–Trinajstić information content (AvgIpc) is 2.79. The van der Waals surface area contributed by atoms with Gasteiger partial charge in [0.15, 0.2) is 0 Å². The van der Waals surface area contributed by atoms with E-state index in [1.54, 1.807) is 19.2 Å². The molecule has 2 heterocycles. The van der Waals surface area contributed by atoms with Gasteiger partial charge in [-0.2, -0.15) is 0 Å². The number of hydrogen-bond acceptors (Lipinski definition) is 6. The predicted molar refractivity (Wildman–Crippen MR) is 132 cm³/mol. The summed E-state index contributed by atoms with van der Waals surface area (Å²) in [6.45, 7) is 5.65. The van der Waals surface area contributed by atoms with Crippen molar-refractivity contribution >= 4 is 27.2 Å². The summed E-state index contributed by atoms with van der Waals surface area (Å²) < 4.78 is 41.0. The van der Waals surface area contributed by atoms with Crippen LogP contribution in [0.2, 0.25) is 0 Å². The Hall–Kier alpha value is -3.17. The van der Waals surface area contributed by atoms with Gasteiger partial charge < -0.3 is 16.0 Å². The Balaban J connectivity index is 1.64. The zero-order chi connectivity index (χ0) is 23.4. The lowest BCUT2D eigenvalue weighted by Crippen LogP contribution is -2.43. The zero-order valence-corrected chi connectivity index (χ0v) is 19.3. The second-order valence-electron chi connectivity index (χ2n) is 8.09. The monoisotopic (exact) mass is 469 g/mol. The van der Waals surface area contributed by atoms with E-state index < -0.39 is 15.8 Å². The van der Waals surface area contributed by atoms with Gasteiger partial charge in [0, 0.05) is 49.2 Å². The van der Waals surface area contributed by atoms with Gasteiger partial charge in [-0.15, -0.1) is 0 Å². The van der Waals surface area contributed by atoms with Crippen LogP contribution in [0, 0.1) is 5.82 Å². The molecule has 4 N–H and O–H groups in total. The fourth-order valence-electron chi connectivity index (χ4n) is 3.96. The first-order chi connectivity index (χ1) is 15.8. The van der Waals surface area contributed by atoms with Crippen LogP contribution < -0.4 is 20.7 Å². The molecule has 0 unspecified atom stereocenters. The maximum absolute atomic E-state index is 14.3. The lowest BCUT2D eigenvalue weighted by atomic mass is 10.00. The number of benzene rings is 2. The van der Waals surface area contributed by atoms with E-state index in [4.69, 9.17) is 5.73 Å². The first-order valence-corrected chi connectivity index (χ1v) is 12.6. The van der Waals surface area contributed by atoms with E-state index in [0.717, 1.165) is 49.1 Å². The minimum atomic E-state index is -3.55. The number of aromatic nitrogens is 1. The van der Waals surface area contributed by atoms with Crippen molar-refractivity contribution in [3.8, 4) is 22.3 Å². The summed E-state index contributed by atoms with van der Waals surface area (Å²) in [6, 6.07) is 14.1. The third-order valence-corrected chi connectivity index (χ3v) is 7.05. The molecule has 0 amide bonds. The van der Waals surface area contributed by atoms with E-state index in [0.29, 0.717) is 17.5 Å². The van der Waals surface area contributed by atoms with E-state index >= 15 is 0 Å². The number of halogens is 1. The van der Waals surface area contributed by atoms with Crippen molar-refractivity contribution in [3.63, 3.8) is 0 Å². The van der Waals surface area contributed by atoms with Gasteiger partial charge >= 0.3 is 0 Å². The molecule has 2 aromatic carbocycles. The second kappa shape index (κ2) is 9.76. The van der Waals surface area contributed by atoms with E-state index in [1.165, 1.54) is 6.07 Å². The van der Waals surface area contributed by atoms with Crippen LogP contribution in [0.25, 0.3) is 22.3 Å². The Labute approximate surface area is 193 Å².